The summed E-state index contributed by atoms with van der Waals surface area (Å²) >= 11 is 0. The van der Waals surface area contributed by atoms with Crippen molar-refractivity contribution >= 4 is 12.1 Å². The number of likely N-dealkylation sites (N-methyl/N-ethyl adjacent to an activating group) is 1. The monoisotopic (exact) mass is 379 g/mol. The number of ether oxygens (including phenoxy) is 1. The van der Waals surface area contributed by atoms with Gasteiger partial charge in [-0.15, -0.1) is 0 Å². The number of hydrogen-bond donors (Lipinski definition) is 1. The third-order valence-electron chi connectivity index (χ3n) is 6.16. The highest BCUT2D eigenvalue weighted by atomic mass is 16.6. The van der Waals surface area contributed by atoms with Crippen LogP contribution in [0.15, 0.2) is 48.5 Å². The van der Waals surface area contributed by atoms with E-state index in [0.29, 0.717) is 12.3 Å². The Balaban J connectivity index is 1.46. The summed E-state index contributed by atoms with van der Waals surface area (Å²) in [7, 11) is 1.52. The molecule has 5 heteroatoms. The lowest BCUT2D eigenvalue weighted by atomic mass is 9.80. The molecule has 2 aliphatic rings. The van der Waals surface area contributed by atoms with E-state index in [9.17, 15) is 14.7 Å². The Bertz CT molecular complexity index is 844. The summed E-state index contributed by atoms with van der Waals surface area (Å²) in [5.74, 6) is -0.604. The van der Waals surface area contributed by atoms with Gasteiger partial charge in [-0.05, 0) is 34.6 Å². The number of fused-ring (bicyclic) bond motifs is 3. The quantitative estimate of drug-likeness (QED) is 0.802. The summed E-state index contributed by atoms with van der Waals surface area (Å²) in [6.07, 6.45) is 3.15. The van der Waals surface area contributed by atoms with Crippen molar-refractivity contribution in [3.8, 4) is 11.1 Å². The van der Waals surface area contributed by atoms with Gasteiger partial charge in [0.05, 0.1) is 0 Å². The van der Waals surface area contributed by atoms with E-state index >= 15 is 0 Å². The molecule has 146 valence electrons. The van der Waals surface area contributed by atoms with Gasteiger partial charge in [-0.3, -0.25) is 4.90 Å². The number of carbonyl (C=O) groups excluding carboxylic acids is 1. The topological polar surface area (TPSA) is 66.8 Å². The van der Waals surface area contributed by atoms with Crippen molar-refractivity contribution in [3.63, 3.8) is 0 Å². The number of aliphatic carboxylic acids is 1. The molecule has 5 nitrogen and oxygen atoms in total. The first-order chi connectivity index (χ1) is 13.6. The van der Waals surface area contributed by atoms with Crippen molar-refractivity contribution in [2.75, 3.05) is 13.7 Å². The molecule has 2 aliphatic carbocycles. The molecule has 2 aromatic carbocycles. The van der Waals surface area contributed by atoms with Crippen molar-refractivity contribution in [2.45, 2.75) is 37.6 Å². The highest BCUT2D eigenvalue weighted by Gasteiger charge is 2.34. The molecule has 1 N–H and O–H groups in total. The van der Waals surface area contributed by atoms with Crippen molar-refractivity contribution in [1.82, 2.24) is 4.90 Å². The van der Waals surface area contributed by atoms with Crippen LogP contribution in [0.2, 0.25) is 0 Å². The smallest absolute Gasteiger partial charge is 0.410 e. The van der Waals surface area contributed by atoms with Gasteiger partial charge < -0.3 is 9.84 Å². The van der Waals surface area contributed by atoms with Crippen LogP contribution >= 0.6 is 0 Å². The minimum Gasteiger partial charge on any atom is -0.480 e. The van der Waals surface area contributed by atoms with Gasteiger partial charge in [-0.25, -0.2) is 9.59 Å². The van der Waals surface area contributed by atoms with E-state index in [-0.39, 0.29) is 12.5 Å². The Morgan fingerprint density at radius 2 is 1.64 bits per heavy atom. The molecule has 0 aliphatic heterocycles. The lowest BCUT2D eigenvalue weighted by Gasteiger charge is -2.32. The zero-order valence-corrected chi connectivity index (χ0v) is 16.0. The third kappa shape index (κ3) is 3.37. The SMILES string of the molecule is CN(C(=O)OCC1c2ccccc2-c2ccccc21)[C@H](CC1CCC1)C(=O)O. The minimum atomic E-state index is -0.970. The molecule has 0 bridgehead atoms. The van der Waals surface area contributed by atoms with Gasteiger partial charge in [0.15, 0.2) is 0 Å². The highest BCUT2D eigenvalue weighted by Crippen LogP contribution is 2.44. The van der Waals surface area contributed by atoms with Crippen molar-refractivity contribution < 1.29 is 19.4 Å². The summed E-state index contributed by atoms with van der Waals surface area (Å²) in [6, 6.07) is 15.5. The van der Waals surface area contributed by atoms with E-state index in [1.165, 1.54) is 23.1 Å². The molecule has 0 spiro atoms. The van der Waals surface area contributed by atoms with Crippen LogP contribution in [0, 0.1) is 5.92 Å². The fraction of sp³-hybridized carbons (Fsp3) is 0.391. The average Bonchev–Trinajstić information content (AvgIpc) is 2.98. The second-order valence-electron chi connectivity index (χ2n) is 7.80. The van der Waals surface area contributed by atoms with Crippen LogP contribution in [-0.4, -0.2) is 41.8 Å². The van der Waals surface area contributed by atoms with Gasteiger partial charge in [-0.2, -0.15) is 0 Å². The maximum atomic E-state index is 12.6. The van der Waals surface area contributed by atoms with Crippen LogP contribution in [0.5, 0.6) is 0 Å². The van der Waals surface area contributed by atoms with Crippen LogP contribution in [0.1, 0.15) is 42.7 Å². The zero-order valence-electron chi connectivity index (χ0n) is 16.0. The van der Waals surface area contributed by atoms with Crippen LogP contribution in [0.25, 0.3) is 11.1 Å². The van der Waals surface area contributed by atoms with Gasteiger partial charge in [0, 0.05) is 13.0 Å². The molecule has 0 unspecified atom stereocenters. The van der Waals surface area contributed by atoms with E-state index in [0.717, 1.165) is 30.4 Å². The minimum absolute atomic E-state index is 0.0281. The molecule has 0 radical (unpaired) electrons. The molecule has 1 amide bonds. The van der Waals surface area contributed by atoms with Crippen LogP contribution in [0.3, 0.4) is 0 Å². The number of carboxylic acid groups (broad SMARTS) is 1. The van der Waals surface area contributed by atoms with Gasteiger partial charge in [0.1, 0.15) is 12.6 Å². The van der Waals surface area contributed by atoms with Crippen molar-refractivity contribution in [3.05, 3.63) is 59.7 Å². The van der Waals surface area contributed by atoms with Crippen molar-refractivity contribution in [2.24, 2.45) is 5.92 Å². The number of carboxylic acids is 1. The predicted octanol–water partition coefficient (Wildman–Crippen LogP) is 4.51. The van der Waals surface area contributed by atoms with E-state index in [1.54, 1.807) is 0 Å². The fourth-order valence-corrected chi connectivity index (χ4v) is 4.29. The number of rotatable bonds is 6. The first-order valence-electron chi connectivity index (χ1n) is 9.87. The van der Waals surface area contributed by atoms with Gasteiger partial charge in [0.25, 0.3) is 0 Å². The molecule has 28 heavy (non-hydrogen) atoms. The maximum Gasteiger partial charge on any atom is 0.410 e. The first kappa shape index (κ1) is 18.5. The van der Waals surface area contributed by atoms with Gasteiger partial charge in [0.2, 0.25) is 0 Å². The Morgan fingerprint density at radius 1 is 1.07 bits per heavy atom. The molecule has 1 atom stereocenters. The standard InChI is InChI=1S/C23H25NO4/c1-24(21(22(25)26)13-15-7-6-8-15)23(27)28-14-20-18-11-4-2-9-16(18)17-10-3-5-12-19(17)20/h2-5,9-12,15,20-21H,6-8,13-14H2,1H3,(H,25,26)/t21-/m1/s1. The number of benzene rings is 2. The lowest BCUT2D eigenvalue weighted by molar-refractivity contribution is -0.143. The zero-order chi connectivity index (χ0) is 19.7. The van der Waals surface area contributed by atoms with Gasteiger partial charge >= 0.3 is 12.1 Å². The van der Waals surface area contributed by atoms with E-state index < -0.39 is 18.1 Å². The van der Waals surface area contributed by atoms with Crippen LogP contribution < -0.4 is 0 Å². The number of amides is 1. The van der Waals surface area contributed by atoms with Gasteiger partial charge in [-0.1, -0.05) is 67.8 Å². The predicted molar refractivity (Wildman–Crippen MR) is 106 cm³/mol. The molecular formula is C23H25NO4. The van der Waals surface area contributed by atoms with E-state index in [4.69, 9.17) is 4.74 Å². The molecule has 0 saturated heterocycles. The molecule has 4 rings (SSSR count). The fourth-order valence-electron chi connectivity index (χ4n) is 4.29. The molecule has 1 fully saturated rings. The largest absolute Gasteiger partial charge is 0.480 e. The van der Waals surface area contributed by atoms with Crippen LogP contribution in [0.4, 0.5) is 4.79 Å². The summed E-state index contributed by atoms with van der Waals surface area (Å²) in [4.78, 5) is 25.5. The number of nitrogens with zero attached hydrogens (tertiary/aromatic N) is 1. The second kappa shape index (κ2) is 7.66. The molecular weight excluding hydrogens is 354 g/mol. The Hall–Kier alpha value is -2.82. The second-order valence-corrected chi connectivity index (χ2v) is 7.80. The Labute approximate surface area is 164 Å². The van der Waals surface area contributed by atoms with E-state index in [1.807, 2.05) is 24.3 Å². The normalized spacial score (nSPS) is 16.6. The molecule has 0 heterocycles. The van der Waals surface area contributed by atoms with E-state index in [2.05, 4.69) is 24.3 Å². The number of carbonyl (C=O) groups is 2. The summed E-state index contributed by atoms with van der Waals surface area (Å²) in [5.41, 5.74) is 4.62. The highest BCUT2D eigenvalue weighted by molar-refractivity contribution is 5.81. The Morgan fingerprint density at radius 3 is 2.14 bits per heavy atom. The summed E-state index contributed by atoms with van der Waals surface area (Å²) in [6.45, 7) is 0.201. The summed E-state index contributed by atoms with van der Waals surface area (Å²) in [5, 5.41) is 9.55. The maximum absolute atomic E-state index is 12.6. The number of hydrogen-bond acceptors (Lipinski definition) is 3. The summed E-state index contributed by atoms with van der Waals surface area (Å²) < 4.78 is 5.59. The molecule has 2 aromatic rings. The Kier molecular flexibility index (Phi) is 5.07. The first-order valence-corrected chi connectivity index (χ1v) is 9.87. The lowest BCUT2D eigenvalue weighted by Crippen LogP contribution is -2.44. The van der Waals surface area contributed by atoms with Crippen molar-refractivity contribution in [1.29, 1.82) is 0 Å². The molecule has 0 aromatic heterocycles. The van der Waals surface area contributed by atoms with Crippen LogP contribution in [-0.2, 0) is 9.53 Å². The average molecular weight is 379 g/mol. The molecule has 1 saturated carbocycles. The third-order valence-corrected chi connectivity index (χ3v) is 6.16.